The fourth-order valence-electron chi connectivity index (χ4n) is 2.64. The fourth-order valence-corrected chi connectivity index (χ4v) is 2.64. The first-order valence-corrected chi connectivity index (χ1v) is 7.20. The van der Waals surface area contributed by atoms with E-state index in [1.807, 2.05) is 11.9 Å². The molecule has 1 aliphatic carbocycles. The van der Waals surface area contributed by atoms with Gasteiger partial charge in [-0.15, -0.1) is 0 Å². The molecular weight excluding hydrogens is 240 g/mol. The third kappa shape index (κ3) is 5.03. The van der Waals surface area contributed by atoms with E-state index in [1.54, 1.807) is 12.4 Å². The number of rotatable bonds is 5. The zero-order valence-electron chi connectivity index (χ0n) is 11.7. The topological polar surface area (TPSA) is 61.0 Å². The van der Waals surface area contributed by atoms with Crippen LogP contribution in [0.2, 0.25) is 0 Å². The molecule has 2 rings (SSSR count). The molecule has 0 aliphatic heterocycles. The van der Waals surface area contributed by atoms with E-state index in [0.717, 1.165) is 18.7 Å². The zero-order valence-corrected chi connectivity index (χ0v) is 11.7. The van der Waals surface area contributed by atoms with E-state index in [1.165, 1.54) is 25.7 Å². The van der Waals surface area contributed by atoms with Crippen molar-refractivity contribution in [2.45, 2.75) is 51.1 Å². The standard InChI is InChI=1S/C14H24N4O/c1-18(10-13-15-8-9-16-13)11-14(19)17-12-6-4-2-3-5-7-12/h8-9,12H,2-7,10-11H2,1H3,(H,15,16)(H,17,19). The van der Waals surface area contributed by atoms with Crippen LogP contribution in [0, 0.1) is 0 Å². The monoisotopic (exact) mass is 264 g/mol. The van der Waals surface area contributed by atoms with Gasteiger partial charge in [0.2, 0.25) is 5.91 Å². The summed E-state index contributed by atoms with van der Waals surface area (Å²) in [6, 6.07) is 0.381. The summed E-state index contributed by atoms with van der Waals surface area (Å²) in [5, 5.41) is 3.16. The third-order valence-electron chi connectivity index (χ3n) is 3.61. The highest BCUT2D eigenvalue weighted by atomic mass is 16.2. The summed E-state index contributed by atoms with van der Waals surface area (Å²) >= 11 is 0. The van der Waals surface area contributed by atoms with Crippen molar-refractivity contribution in [2.24, 2.45) is 0 Å². The van der Waals surface area contributed by atoms with Gasteiger partial charge < -0.3 is 10.3 Å². The molecule has 1 amide bonds. The van der Waals surface area contributed by atoms with Gasteiger partial charge in [-0.25, -0.2) is 4.98 Å². The lowest BCUT2D eigenvalue weighted by atomic mass is 10.1. The Morgan fingerprint density at radius 2 is 2.16 bits per heavy atom. The van der Waals surface area contributed by atoms with Gasteiger partial charge in [-0.2, -0.15) is 0 Å². The quantitative estimate of drug-likeness (QED) is 0.795. The Kier molecular flexibility index (Phi) is 5.39. The predicted molar refractivity (Wildman–Crippen MR) is 74.6 cm³/mol. The second kappa shape index (κ2) is 7.28. The van der Waals surface area contributed by atoms with Crippen molar-refractivity contribution < 1.29 is 4.79 Å². The number of hydrogen-bond donors (Lipinski definition) is 2. The Bertz CT molecular complexity index is 369. The summed E-state index contributed by atoms with van der Waals surface area (Å²) in [5.74, 6) is 1.02. The van der Waals surface area contributed by atoms with E-state index in [4.69, 9.17) is 0 Å². The summed E-state index contributed by atoms with van der Waals surface area (Å²) in [7, 11) is 1.94. The van der Waals surface area contributed by atoms with Crippen LogP contribution >= 0.6 is 0 Å². The van der Waals surface area contributed by atoms with Crippen molar-refractivity contribution >= 4 is 5.91 Å². The number of carbonyl (C=O) groups excluding carboxylic acids is 1. The number of nitrogens with zero attached hydrogens (tertiary/aromatic N) is 2. The van der Waals surface area contributed by atoms with Crippen molar-refractivity contribution in [3.63, 3.8) is 0 Å². The van der Waals surface area contributed by atoms with Crippen LogP contribution in [-0.4, -0.2) is 40.4 Å². The third-order valence-corrected chi connectivity index (χ3v) is 3.61. The Labute approximate surface area is 114 Å². The second-order valence-electron chi connectivity index (χ2n) is 5.46. The molecule has 1 heterocycles. The van der Waals surface area contributed by atoms with Crippen molar-refractivity contribution in [1.82, 2.24) is 20.2 Å². The summed E-state index contributed by atoms with van der Waals surface area (Å²) in [5.41, 5.74) is 0. The van der Waals surface area contributed by atoms with Crippen LogP contribution < -0.4 is 5.32 Å². The average Bonchev–Trinajstić information content (AvgIpc) is 2.72. The molecule has 0 atom stereocenters. The number of nitrogens with one attached hydrogen (secondary N) is 2. The van der Waals surface area contributed by atoms with E-state index in [-0.39, 0.29) is 5.91 Å². The number of H-pyrrole nitrogens is 1. The first-order valence-electron chi connectivity index (χ1n) is 7.20. The fraction of sp³-hybridized carbons (Fsp3) is 0.714. The maximum absolute atomic E-state index is 12.0. The highest BCUT2D eigenvalue weighted by Crippen LogP contribution is 2.17. The van der Waals surface area contributed by atoms with Crippen LogP contribution in [0.5, 0.6) is 0 Å². The number of imidazole rings is 1. The maximum atomic E-state index is 12.0. The molecule has 0 bridgehead atoms. The predicted octanol–water partition coefficient (Wildman–Crippen LogP) is 1.68. The van der Waals surface area contributed by atoms with Gasteiger partial charge in [-0.1, -0.05) is 25.7 Å². The van der Waals surface area contributed by atoms with E-state index in [0.29, 0.717) is 19.1 Å². The normalized spacial score (nSPS) is 17.4. The van der Waals surface area contributed by atoms with Crippen LogP contribution in [0.15, 0.2) is 12.4 Å². The number of aromatic amines is 1. The van der Waals surface area contributed by atoms with Gasteiger partial charge in [0.25, 0.3) is 0 Å². The highest BCUT2D eigenvalue weighted by Gasteiger charge is 2.15. The Morgan fingerprint density at radius 1 is 1.42 bits per heavy atom. The van der Waals surface area contributed by atoms with Crippen LogP contribution in [0.3, 0.4) is 0 Å². The maximum Gasteiger partial charge on any atom is 0.234 e. The van der Waals surface area contributed by atoms with Crippen molar-refractivity contribution in [3.8, 4) is 0 Å². The number of carbonyl (C=O) groups is 1. The molecule has 19 heavy (non-hydrogen) atoms. The number of hydrogen-bond acceptors (Lipinski definition) is 3. The lowest BCUT2D eigenvalue weighted by Gasteiger charge is -2.19. The molecule has 0 aromatic carbocycles. The van der Waals surface area contributed by atoms with Gasteiger partial charge in [0.1, 0.15) is 5.82 Å². The Morgan fingerprint density at radius 3 is 2.79 bits per heavy atom. The van der Waals surface area contributed by atoms with Crippen LogP contribution in [0.1, 0.15) is 44.3 Å². The van der Waals surface area contributed by atoms with Crippen LogP contribution in [0.4, 0.5) is 0 Å². The Balaban J connectivity index is 1.70. The molecule has 0 radical (unpaired) electrons. The van der Waals surface area contributed by atoms with Gasteiger partial charge in [0.05, 0.1) is 13.1 Å². The molecule has 1 aromatic heterocycles. The molecular formula is C14H24N4O. The smallest absolute Gasteiger partial charge is 0.234 e. The molecule has 0 saturated heterocycles. The first kappa shape index (κ1) is 14.1. The van der Waals surface area contributed by atoms with E-state index in [2.05, 4.69) is 15.3 Å². The van der Waals surface area contributed by atoms with Crippen molar-refractivity contribution in [3.05, 3.63) is 18.2 Å². The largest absolute Gasteiger partial charge is 0.352 e. The van der Waals surface area contributed by atoms with E-state index in [9.17, 15) is 4.79 Å². The summed E-state index contributed by atoms with van der Waals surface area (Å²) < 4.78 is 0. The lowest BCUT2D eigenvalue weighted by molar-refractivity contribution is -0.122. The first-order chi connectivity index (χ1) is 9.24. The minimum Gasteiger partial charge on any atom is -0.352 e. The van der Waals surface area contributed by atoms with Gasteiger partial charge in [0, 0.05) is 18.4 Å². The van der Waals surface area contributed by atoms with Crippen LogP contribution in [0.25, 0.3) is 0 Å². The summed E-state index contributed by atoms with van der Waals surface area (Å²) in [6.45, 7) is 1.10. The van der Waals surface area contributed by atoms with E-state index < -0.39 is 0 Å². The molecule has 2 N–H and O–H groups in total. The molecule has 0 unspecified atom stereocenters. The van der Waals surface area contributed by atoms with Gasteiger partial charge in [-0.3, -0.25) is 9.69 Å². The zero-order chi connectivity index (χ0) is 13.5. The number of amides is 1. The SMILES string of the molecule is CN(CC(=O)NC1CCCCCC1)Cc1ncc[nH]1. The minimum absolute atomic E-state index is 0.126. The number of aromatic nitrogens is 2. The minimum atomic E-state index is 0.126. The second-order valence-corrected chi connectivity index (χ2v) is 5.46. The van der Waals surface area contributed by atoms with Crippen molar-refractivity contribution in [1.29, 1.82) is 0 Å². The van der Waals surface area contributed by atoms with Gasteiger partial charge in [-0.05, 0) is 19.9 Å². The van der Waals surface area contributed by atoms with E-state index >= 15 is 0 Å². The summed E-state index contributed by atoms with van der Waals surface area (Å²) in [4.78, 5) is 21.2. The molecule has 1 aliphatic rings. The van der Waals surface area contributed by atoms with Gasteiger partial charge >= 0.3 is 0 Å². The molecule has 106 valence electrons. The van der Waals surface area contributed by atoms with Crippen molar-refractivity contribution in [2.75, 3.05) is 13.6 Å². The van der Waals surface area contributed by atoms with Gasteiger partial charge in [0.15, 0.2) is 0 Å². The molecule has 5 nitrogen and oxygen atoms in total. The molecule has 1 aromatic rings. The molecule has 0 spiro atoms. The molecule has 1 fully saturated rings. The molecule has 1 saturated carbocycles. The Hall–Kier alpha value is -1.36. The summed E-state index contributed by atoms with van der Waals surface area (Å²) in [6.07, 6.45) is 10.9. The molecule has 5 heteroatoms. The lowest BCUT2D eigenvalue weighted by Crippen LogP contribution is -2.40. The highest BCUT2D eigenvalue weighted by molar-refractivity contribution is 5.78. The number of likely N-dealkylation sites (N-methyl/N-ethyl adjacent to an activating group) is 1. The van der Waals surface area contributed by atoms with Crippen LogP contribution in [-0.2, 0) is 11.3 Å². The average molecular weight is 264 g/mol.